The second kappa shape index (κ2) is 11.3. The van der Waals surface area contributed by atoms with Crippen LogP contribution in [0.2, 0.25) is 0 Å². The van der Waals surface area contributed by atoms with E-state index in [0.717, 1.165) is 50.1 Å². The van der Waals surface area contributed by atoms with E-state index in [0.29, 0.717) is 16.8 Å². The van der Waals surface area contributed by atoms with E-state index in [1.807, 2.05) is 62.4 Å². The van der Waals surface area contributed by atoms with Gasteiger partial charge in [-0.15, -0.1) is 11.8 Å². The molecule has 39 heavy (non-hydrogen) atoms. The Morgan fingerprint density at radius 1 is 0.846 bits per heavy atom. The Kier molecular flexibility index (Phi) is 7.66. The third-order valence-corrected chi connectivity index (χ3v) is 7.93. The Labute approximate surface area is 232 Å². The van der Waals surface area contributed by atoms with E-state index in [4.69, 9.17) is 4.84 Å². The molecule has 0 fully saturated rings. The monoisotopic (exact) mass is 534 g/mol. The first-order valence-corrected chi connectivity index (χ1v) is 13.9. The van der Waals surface area contributed by atoms with Crippen LogP contribution in [0.1, 0.15) is 53.4 Å². The summed E-state index contributed by atoms with van der Waals surface area (Å²) in [5, 5.41) is 5.98. The number of hydrogen-bond acceptors (Lipinski definition) is 5. The minimum absolute atomic E-state index is 0.00941. The second-order valence-electron chi connectivity index (χ2n) is 9.55. The van der Waals surface area contributed by atoms with Gasteiger partial charge in [0, 0.05) is 57.0 Å². The molecule has 0 bridgehead atoms. The molecule has 5 rings (SSSR count). The molecular weight excluding hydrogens is 504 g/mol. The number of nitrogens with zero attached hydrogens (tertiary/aromatic N) is 2. The molecule has 6 heteroatoms. The van der Waals surface area contributed by atoms with E-state index in [2.05, 4.69) is 53.0 Å². The van der Waals surface area contributed by atoms with Gasteiger partial charge in [-0.3, -0.25) is 4.79 Å². The van der Waals surface area contributed by atoms with Crippen molar-refractivity contribution in [2.75, 3.05) is 0 Å². The topological polar surface area (TPSA) is 60.7 Å². The van der Waals surface area contributed by atoms with Gasteiger partial charge in [-0.25, -0.2) is 4.79 Å². The van der Waals surface area contributed by atoms with Gasteiger partial charge in [-0.2, -0.15) is 0 Å². The number of aromatic nitrogens is 1. The van der Waals surface area contributed by atoms with E-state index < -0.39 is 5.97 Å². The van der Waals surface area contributed by atoms with Gasteiger partial charge in [0.05, 0.1) is 5.71 Å². The van der Waals surface area contributed by atoms with Crippen LogP contribution in [0.15, 0.2) is 95.0 Å². The van der Waals surface area contributed by atoms with Crippen LogP contribution < -0.4 is 0 Å². The molecule has 0 saturated heterocycles. The number of ketones is 1. The number of oxime groups is 1. The van der Waals surface area contributed by atoms with E-state index >= 15 is 0 Å². The third-order valence-electron chi connectivity index (χ3n) is 6.86. The molecule has 196 valence electrons. The van der Waals surface area contributed by atoms with Gasteiger partial charge in [-0.05, 0) is 86.0 Å². The van der Waals surface area contributed by atoms with Gasteiger partial charge < -0.3 is 9.40 Å². The van der Waals surface area contributed by atoms with Crippen molar-refractivity contribution in [3.8, 4) is 0 Å². The van der Waals surface area contributed by atoms with Crippen LogP contribution in [0.5, 0.6) is 0 Å². The highest BCUT2D eigenvalue weighted by Crippen LogP contribution is 2.32. The molecule has 0 saturated carbocycles. The first kappa shape index (κ1) is 26.4. The smallest absolute Gasteiger partial charge is 0.331 e. The quantitative estimate of drug-likeness (QED) is 0.0667. The van der Waals surface area contributed by atoms with Crippen LogP contribution in [0, 0.1) is 6.92 Å². The lowest BCUT2D eigenvalue weighted by molar-refractivity contribution is -0.140. The fourth-order valence-corrected chi connectivity index (χ4v) is 5.82. The minimum Gasteiger partial charge on any atom is -0.341 e. The molecule has 0 atom stereocenters. The minimum atomic E-state index is -0.459. The van der Waals surface area contributed by atoms with Crippen molar-refractivity contribution in [3.63, 3.8) is 0 Å². The molecule has 0 aliphatic carbocycles. The molecule has 0 aliphatic heterocycles. The number of fused-ring (bicyclic) bond motifs is 3. The van der Waals surface area contributed by atoms with E-state index in [-0.39, 0.29) is 5.78 Å². The number of aryl methyl sites for hydroxylation is 2. The summed E-state index contributed by atoms with van der Waals surface area (Å²) in [6.07, 6.45) is 0. The maximum Gasteiger partial charge on any atom is 0.331 e. The summed E-state index contributed by atoms with van der Waals surface area (Å²) in [5.41, 5.74) is 7.22. The molecule has 1 heterocycles. The van der Waals surface area contributed by atoms with E-state index in [1.165, 1.54) is 12.5 Å². The fraction of sp³-hybridized carbons (Fsp3) is 0.182. The Balaban J connectivity index is 1.48. The van der Waals surface area contributed by atoms with Crippen LogP contribution in [0.4, 0.5) is 0 Å². The molecule has 1 aromatic heterocycles. The molecule has 5 aromatic rings. The van der Waals surface area contributed by atoms with Crippen LogP contribution in [-0.2, 0) is 21.9 Å². The molecule has 0 radical (unpaired) electrons. The number of carbonyl (C=O) groups is 2. The predicted octanol–water partition coefficient (Wildman–Crippen LogP) is 7.93. The number of benzene rings is 4. The van der Waals surface area contributed by atoms with Crippen LogP contribution in [0.3, 0.4) is 0 Å². The average Bonchev–Trinajstić information content (AvgIpc) is 3.27. The van der Waals surface area contributed by atoms with Gasteiger partial charge in [0.2, 0.25) is 0 Å². The molecule has 0 N–H and O–H groups in total. The van der Waals surface area contributed by atoms with Crippen molar-refractivity contribution < 1.29 is 14.4 Å². The average molecular weight is 535 g/mol. The zero-order valence-electron chi connectivity index (χ0n) is 22.5. The SMILES string of the molecule is CCn1c2ccc(C(=O)c3ccc(SCc4ccccc4)cc3C)cc2c2cc(C(C)=NOC(C)=O)ccc21. The molecule has 0 aliphatic rings. The van der Waals surface area contributed by atoms with Crippen molar-refractivity contribution in [2.24, 2.45) is 5.16 Å². The highest BCUT2D eigenvalue weighted by molar-refractivity contribution is 7.98. The Morgan fingerprint density at radius 3 is 2.15 bits per heavy atom. The van der Waals surface area contributed by atoms with Gasteiger partial charge in [0.1, 0.15) is 0 Å². The highest BCUT2D eigenvalue weighted by atomic mass is 32.2. The third kappa shape index (κ3) is 5.52. The van der Waals surface area contributed by atoms with Crippen molar-refractivity contribution in [3.05, 3.63) is 113 Å². The summed E-state index contributed by atoms with van der Waals surface area (Å²) in [7, 11) is 0. The van der Waals surface area contributed by atoms with E-state index in [1.54, 1.807) is 11.8 Å². The molecule has 4 aromatic carbocycles. The maximum atomic E-state index is 13.7. The standard InChI is InChI=1S/C33H30N2O3S/c1-5-35-31-15-11-25(22(3)34-38-23(4)36)18-29(31)30-19-26(12-16-32(30)35)33(37)28-14-13-27(17-21(28)2)39-20-24-9-7-6-8-10-24/h6-19H,5,20H2,1-4H3. The highest BCUT2D eigenvalue weighted by Gasteiger charge is 2.17. The van der Waals surface area contributed by atoms with Gasteiger partial charge in [0.15, 0.2) is 5.78 Å². The largest absolute Gasteiger partial charge is 0.341 e. The summed E-state index contributed by atoms with van der Waals surface area (Å²) in [6.45, 7) is 8.04. The summed E-state index contributed by atoms with van der Waals surface area (Å²) in [4.78, 5) is 30.8. The molecule has 5 nitrogen and oxygen atoms in total. The van der Waals surface area contributed by atoms with Crippen molar-refractivity contribution in [2.45, 2.75) is 44.9 Å². The summed E-state index contributed by atoms with van der Waals surface area (Å²) in [5.74, 6) is 0.438. The predicted molar refractivity (Wildman–Crippen MR) is 160 cm³/mol. The summed E-state index contributed by atoms with van der Waals surface area (Å²) >= 11 is 1.77. The first-order valence-electron chi connectivity index (χ1n) is 13.0. The van der Waals surface area contributed by atoms with Crippen molar-refractivity contribution in [1.82, 2.24) is 4.57 Å². The number of hydrogen-bond donors (Lipinski definition) is 0. The van der Waals surface area contributed by atoms with Gasteiger partial charge >= 0.3 is 5.97 Å². The molecular formula is C33H30N2O3S. The van der Waals surface area contributed by atoms with Crippen LogP contribution in [-0.4, -0.2) is 22.0 Å². The van der Waals surface area contributed by atoms with Crippen molar-refractivity contribution in [1.29, 1.82) is 0 Å². The number of carbonyl (C=O) groups excluding carboxylic acids is 2. The van der Waals surface area contributed by atoms with Gasteiger partial charge in [-0.1, -0.05) is 41.6 Å². The number of thioether (sulfide) groups is 1. The summed E-state index contributed by atoms with van der Waals surface area (Å²) in [6, 6.07) is 28.5. The Hall–Kier alpha value is -4.16. The number of rotatable bonds is 8. The second-order valence-corrected chi connectivity index (χ2v) is 10.6. The Bertz CT molecular complexity index is 1740. The van der Waals surface area contributed by atoms with E-state index in [9.17, 15) is 9.59 Å². The summed E-state index contributed by atoms with van der Waals surface area (Å²) < 4.78 is 2.24. The van der Waals surface area contributed by atoms with Crippen LogP contribution >= 0.6 is 11.8 Å². The zero-order chi connectivity index (χ0) is 27.5. The lowest BCUT2D eigenvalue weighted by atomic mass is 9.97. The lowest BCUT2D eigenvalue weighted by Gasteiger charge is -2.09. The zero-order valence-corrected chi connectivity index (χ0v) is 23.3. The molecule has 0 spiro atoms. The molecule has 0 amide bonds. The lowest BCUT2D eigenvalue weighted by Crippen LogP contribution is -2.04. The molecule has 0 unspecified atom stereocenters. The maximum absolute atomic E-state index is 13.7. The van der Waals surface area contributed by atoms with Gasteiger partial charge in [0.25, 0.3) is 0 Å². The fourth-order valence-electron chi connectivity index (χ4n) is 4.87. The van der Waals surface area contributed by atoms with Crippen LogP contribution in [0.25, 0.3) is 21.8 Å². The normalized spacial score (nSPS) is 11.7. The Morgan fingerprint density at radius 2 is 1.51 bits per heavy atom. The first-order chi connectivity index (χ1) is 18.9. The van der Waals surface area contributed by atoms with Crippen molar-refractivity contribution >= 4 is 51.0 Å².